The molecule has 0 bridgehead atoms. The summed E-state index contributed by atoms with van der Waals surface area (Å²) >= 11 is 0. The van der Waals surface area contributed by atoms with Crippen LogP contribution in [0.5, 0.6) is 0 Å². The minimum atomic E-state index is -0.509. The molecule has 22 heavy (non-hydrogen) atoms. The largest absolute Gasteiger partial charge is 0.294 e. The van der Waals surface area contributed by atoms with Gasteiger partial charge in [-0.2, -0.15) is 0 Å². The molecule has 1 aliphatic rings. The number of fused-ring (bicyclic) bond motifs is 1. The minimum absolute atomic E-state index is 0.0900. The number of nitro benzene ring substituents is 1. The molecular weight excluding hydrogens is 287 g/mol. The lowest BCUT2D eigenvalue weighted by atomic mass is 10.1. The molecule has 0 fully saturated rings. The summed E-state index contributed by atoms with van der Waals surface area (Å²) in [6, 6.07) is 3.63. The van der Waals surface area contributed by atoms with Crippen LogP contribution in [0.3, 0.4) is 0 Å². The molecule has 1 aromatic heterocycles. The molecule has 0 spiro atoms. The Morgan fingerprint density at radius 1 is 1.45 bits per heavy atom. The van der Waals surface area contributed by atoms with E-state index in [1.54, 1.807) is 6.20 Å². The first-order valence-corrected chi connectivity index (χ1v) is 6.99. The molecule has 0 saturated carbocycles. The fourth-order valence-corrected chi connectivity index (χ4v) is 2.65. The number of nitrogens with zero attached hydrogens (tertiary/aromatic N) is 4. The smallest absolute Gasteiger partial charge is 0.269 e. The Balaban J connectivity index is 1.79. The number of aromatic nitrogens is 2. The van der Waals surface area contributed by atoms with Gasteiger partial charge in [0.25, 0.3) is 5.69 Å². The van der Waals surface area contributed by atoms with Crippen LogP contribution in [-0.4, -0.2) is 26.3 Å². The molecule has 2 aromatic rings. The van der Waals surface area contributed by atoms with Crippen LogP contribution >= 0.6 is 0 Å². The molecule has 0 saturated heterocycles. The van der Waals surface area contributed by atoms with E-state index < -0.39 is 10.7 Å². The number of rotatable bonds is 3. The lowest BCUT2D eigenvalue weighted by Crippen LogP contribution is -2.31. The lowest BCUT2D eigenvalue weighted by Gasteiger charge is -2.28. The first-order chi connectivity index (χ1) is 10.5. The van der Waals surface area contributed by atoms with E-state index in [1.807, 2.05) is 11.8 Å². The molecule has 1 aromatic carbocycles. The highest BCUT2D eigenvalue weighted by molar-refractivity contribution is 5.35. The molecule has 7 heteroatoms. The molecule has 0 N–H and O–H groups in total. The number of aryl methyl sites for hydroxylation is 1. The maximum absolute atomic E-state index is 13.9. The van der Waals surface area contributed by atoms with Crippen molar-refractivity contribution in [3.05, 3.63) is 63.0 Å². The predicted molar refractivity (Wildman–Crippen MR) is 77.6 cm³/mol. The first kappa shape index (κ1) is 14.5. The highest BCUT2D eigenvalue weighted by Crippen LogP contribution is 2.22. The second-order valence-corrected chi connectivity index (χ2v) is 5.38. The highest BCUT2D eigenvalue weighted by Gasteiger charge is 2.20. The molecule has 0 unspecified atom stereocenters. The summed E-state index contributed by atoms with van der Waals surface area (Å²) in [4.78, 5) is 20.9. The Hall–Kier alpha value is -2.41. The monoisotopic (exact) mass is 302 g/mol. The Morgan fingerprint density at radius 2 is 2.27 bits per heavy atom. The predicted octanol–water partition coefficient (Wildman–Crippen LogP) is 2.39. The zero-order chi connectivity index (χ0) is 15.7. The number of nitro groups is 1. The van der Waals surface area contributed by atoms with Gasteiger partial charge in [0.15, 0.2) is 0 Å². The van der Waals surface area contributed by atoms with Gasteiger partial charge >= 0.3 is 0 Å². The summed E-state index contributed by atoms with van der Waals surface area (Å²) in [6.07, 6.45) is 2.57. The van der Waals surface area contributed by atoms with Gasteiger partial charge in [0, 0.05) is 61.2 Å². The molecule has 0 atom stereocenters. The summed E-state index contributed by atoms with van der Waals surface area (Å²) in [5.74, 6) is 0.327. The molecule has 6 nitrogen and oxygen atoms in total. The maximum Gasteiger partial charge on any atom is 0.269 e. The highest BCUT2D eigenvalue weighted by atomic mass is 19.1. The van der Waals surface area contributed by atoms with Crippen molar-refractivity contribution in [2.45, 2.75) is 26.4 Å². The second-order valence-electron chi connectivity index (χ2n) is 5.38. The van der Waals surface area contributed by atoms with E-state index in [2.05, 4.69) is 9.97 Å². The molecule has 3 rings (SSSR count). The number of benzene rings is 1. The third-order valence-corrected chi connectivity index (χ3v) is 3.77. The summed E-state index contributed by atoms with van der Waals surface area (Å²) in [5.41, 5.74) is 2.31. The van der Waals surface area contributed by atoms with Crippen molar-refractivity contribution < 1.29 is 9.31 Å². The SMILES string of the molecule is Cc1ncc2c(n1)CCN(Cc1cc([N+](=O)[O-])ccc1F)C2. The van der Waals surface area contributed by atoms with Gasteiger partial charge in [0.05, 0.1) is 4.92 Å². The second kappa shape index (κ2) is 5.76. The zero-order valence-corrected chi connectivity index (χ0v) is 12.1. The summed E-state index contributed by atoms with van der Waals surface area (Å²) in [6.45, 7) is 3.55. The fraction of sp³-hybridized carbons (Fsp3) is 0.333. The Morgan fingerprint density at radius 3 is 3.05 bits per heavy atom. The molecular formula is C15H15FN4O2. The van der Waals surface area contributed by atoms with Crippen molar-refractivity contribution in [1.29, 1.82) is 0 Å². The molecule has 2 heterocycles. The van der Waals surface area contributed by atoms with Crippen molar-refractivity contribution in [2.75, 3.05) is 6.54 Å². The van der Waals surface area contributed by atoms with Gasteiger partial charge in [-0.1, -0.05) is 0 Å². The van der Waals surface area contributed by atoms with Crippen LogP contribution in [0.4, 0.5) is 10.1 Å². The van der Waals surface area contributed by atoms with Crippen LogP contribution in [0.25, 0.3) is 0 Å². The normalized spacial score (nSPS) is 14.6. The van der Waals surface area contributed by atoms with Crippen LogP contribution in [0.15, 0.2) is 24.4 Å². The quantitative estimate of drug-likeness (QED) is 0.643. The Labute approximate surface area is 126 Å². The van der Waals surface area contributed by atoms with Gasteiger partial charge in [-0.25, -0.2) is 14.4 Å². The Bertz CT molecular complexity index is 735. The molecule has 0 amide bonds. The van der Waals surface area contributed by atoms with Crippen LogP contribution in [0, 0.1) is 22.9 Å². The lowest BCUT2D eigenvalue weighted by molar-refractivity contribution is -0.385. The van der Waals surface area contributed by atoms with Crippen molar-refractivity contribution in [1.82, 2.24) is 14.9 Å². The molecule has 0 radical (unpaired) electrons. The fourth-order valence-electron chi connectivity index (χ4n) is 2.65. The molecule has 114 valence electrons. The zero-order valence-electron chi connectivity index (χ0n) is 12.1. The van der Waals surface area contributed by atoms with Gasteiger partial charge in [0.1, 0.15) is 11.6 Å². The van der Waals surface area contributed by atoms with Crippen LogP contribution < -0.4 is 0 Å². The van der Waals surface area contributed by atoms with Crippen LogP contribution in [0.1, 0.15) is 22.6 Å². The Kier molecular flexibility index (Phi) is 3.81. The third kappa shape index (κ3) is 2.94. The van der Waals surface area contributed by atoms with Crippen molar-refractivity contribution in [2.24, 2.45) is 0 Å². The van der Waals surface area contributed by atoms with Gasteiger partial charge in [-0.15, -0.1) is 0 Å². The third-order valence-electron chi connectivity index (χ3n) is 3.77. The standard InChI is InChI=1S/C15H15FN4O2/c1-10-17-7-12-9-19(5-4-15(12)18-10)8-11-6-13(20(21)22)2-3-14(11)16/h2-3,6-7H,4-5,8-9H2,1H3. The van der Waals surface area contributed by atoms with E-state index in [9.17, 15) is 14.5 Å². The van der Waals surface area contributed by atoms with Gasteiger partial charge in [-0.3, -0.25) is 15.0 Å². The van der Waals surface area contributed by atoms with E-state index in [-0.39, 0.29) is 5.69 Å². The van der Waals surface area contributed by atoms with E-state index in [0.717, 1.165) is 36.1 Å². The topological polar surface area (TPSA) is 72.2 Å². The van der Waals surface area contributed by atoms with Crippen molar-refractivity contribution >= 4 is 5.69 Å². The average molecular weight is 302 g/mol. The maximum atomic E-state index is 13.9. The molecule has 0 aliphatic carbocycles. The number of halogens is 1. The van der Waals surface area contributed by atoms with E-state index in [0.29, 0.717) is 18.7 Å². The average Bonchev–Trinajstić information content (AvgIpc) is 2.49. The number of hydrogen-bond acceptors (Lipinski definition) is 5. The summed E-state index contributed by atoms with van der Waals surface area (Å²) < 4.78 is 13.9. The van der Waals surface area contributed by atoms with Crippen molar-refractivity contribution in [3.63, 3.8) is 0 Å². The number of non-ortho nitro benzene ring substituents is 1. The molecule has 1 aliphatic heterocycles. The minimum Gasteiger partial charge on any atom is -0.294 e. The van der Waals surface area contributed by atoms with E-state index in [1.165, 1.54) is 12.1 Å². The van der Waals surface area contributed by atoms with Crippen LogP contribution in [-0.2, 0) is 19.5 Å². The summed E-state index contributed by atoms with van der Waals surface area (Å²) in [5, 5.41) is 10.8. The number of hydrogen-bond donors (Lipinski definition) is 0. The van der Waals surface area contributed by atoms with Gasteiger partial charge < -0.3 is 0 Å². The van der Waals surface area contributed by atoms with Crippen LogP contribution in [0.2, 0.25) is 0 Å². The van der Waals surface area contributed by atoms with Gasteiger partial charge in [-0.05, 0) is 13.0 Å². The first-order valence-electron chi connectivity index (χ1n) is 6.99. The summed E-state index contributed by atoms with van der Waals surface area (Å²) in [7, 11) is 0. The van der Waals surface area contributed by atoms with Crippen molar-refractivity contribution in [3.8, 4) is 0 Å². The van der Waals surface area contributed by atoms with E-state index >= 15 is 0 Å². The van der Waals surface area contributed by atoms with Gasteiger partial charge in [0.2, 0.25) is 0 Å². The van der Waals surface area contributed by atoms with E-state index in [4.69, 9.17) is 0 Å².